The smallest absolute Gasteiger partial charge is 0.342 e. The Labute approximate surface area is 231 Å². The minimum absolute atomic E-state index is 0.0163. The van der Waals surface area contributed by atoms with Gasteiger partial charge in [-0.3, -0.25) is 10.1 Å². The number of methoxy groups -OCH3 is 2. The number of hydrogen-bond donors (Lipinski definition) is 1. The van der Waals surface area contributed by atoms with E-state index in [2.05, 4.69) is 10.2 Å². The summed E-state index contributed by atoms with van der Waals surface area (Å²) in [5.41, 5.74) is 3.00. The van der Waals surface area contributed by atoms with Crippen LogP contribution in [0.5, 0.6) is 11.5 Å². The summed E-state index contributed by atoms with van der Waals surface area (Å²) in [7, 11) is 3.06. The van der Waals surface area contributed by atoms with E-state index >= 15 is 0 Å². The van der Waals surface area contributed by atoms with E-state index in [9.17, 15) is 20.0 Å². The topological polar surface area (TPSA) is 143 Å². The summed E-state index contributed by atoms with van der Waals surface area (Å²) in [6.45, 7) is 0.443. The van der Waals surface area contributed by atoms with E-state index in [0.29, 0.717) is 29.2 Å². The van der Waals surface area contributed by atoms with Crippen LogP contribution in [-0.2, 0) is 11.3 Å². The lowest BCUT2D eigenvalue weighted by atomic mass is 10.1. The number of carbonyl (C=O) groups is 1. The summed E-state index contributed by atoms with van der Waals surface area (Å²) in [5.74, 6) is 0.111. The number of nitrogens with zero attached hydrogens (tertiary/aromatic N) is 4. The van der Waals surface area contributed by atoms with Gasteiger partial charge >= 0.3 is 5.97 Å². The Hall–Kier alpha value is -5.10. The molecule has 0 bridgehead atoms. The summed E-state index contributed by atoms with van der Waals surface area (Å²) in [4.78, 5) is 22.7. The molecule has 0 radical (unpaired) electrons. The number of benzene rings is 3. The number of thioether (sulfide) groups is 1. The van der Waals surface area contributed by atoms with Crippen molar-refractivity contribution >= 4 is 40.4 Å². The van der Waals surface area contributed by atoms with Gasteiger partial charge in [0.25, 0.3) is 10.9 Å². The van der Waals surface area contributed by atoms with Crippen molar-refractivity contribution in [1.29, 1.82) is 0 Å². The van der Waals surface area contributed by atoms with E-state index < -0.39 is 10.9 Å². The molecule has 0 atom stereocenters. The number of non-ortho nitro benzene ring substituents is 1. The highest BCUT2D eigenvalue weighted by atomic mass is 32.2. The van der Waals surface area contributed by atoms with Crippen molar-refractivity contribution in [2.24, 2.45) is 0 Å². The molecule has 0 spiro atoms. The molecule has 40 heavy (non-hydrogen) atoms. The molecule has 2 heterocycles. The molecule has 0 aliphatic rings. The molecule has 2 aromatic heterocycles. The van der Waals surface area contributed by atoms with Gasteiger partial charge in [0.1, 0.15) is 16.4 Å². The van der Waals surface area contributed by atoms with Gasteiger partial charge in [-0.05, 0) is 41.6 Å². The molecular formula is C28H22N4O7S. The monoisotopic (exact) mass is 558 g/mol. The highest BCUT2D eigenvalue weighted by molar-refractivity contribution is 8.03. The van der Waals surface area contributed by atoms with Gasteiger partial charge < -0.3 is 23.6 Å². The SMILES string of the molecule is COc1cc(OC)cc(-c2nnc(S/C(=C\c3cn(Cc4ccc([N+](=O)[O-])cc4)c4ccccc34)C(=O)O)o2)c1. The van der Waals surface area contributed by atoms with Gasteiger partial charge in [-0.1, -0.05) is 30.3 Å². The summed E-state index contributed by atoms with van der Waals surface area (Å²) in [5, 5.41) is 29.9. The molecule has 0 aliphatic carbocycles. The van der Waals surface area contributed by atoms with E-state index in [-0.39, 0.29) is 21.7 Å². The lowest BCUT2D eigenvalue weighted by molar-refractivity contribution is -0.384. The van der Waals surface area contributed by atoms with Crippen LogP contribution in [0.4, 0.5) is 5.69 Å². The Bertz CT molecular complexity index is 1720. The molecule has 3 aromatic carbocycles. The minimum Gasteiger partial charge on any atom is -0.497 e. The van der Waals surface area contributed by atoms with Crippen LogP contribution in [0.3, 0.4) is 0 Å². The Kier molecular flexibility index (Phi) is 7.51. The summed E-state index contributed by atoms with van der Waals surface area (Å²) in [6, 6.07) is 19.0. The second kappa shape index (κ2) is 11.3. The van der Waals surface area contributed by atoms with Crippen molar-refractivity contribution in [2.45, 2.75) is 11.8 Å². The number of nitro groups is 1. The van der Waals surface area contributed by atoms with Crippen LogP contribution < -0.4 is 9.47 Å². The van der Waals surface area contributed by atoms with Crippen LogP contribution in [0.2, 0.25) is 0 Å². The molecule has 202 valence electrons. The van der Waals surface area contributed by atoms with Crippen molar-refractivity contribution < 1.29 is 28.7 Å². The number of aliphatic carboxylic acids is 1. The minimum atomic E-state index is -1.15. The second-order valence-electron chi connectivity index (χ2n) is 8.54. The molecule has 0 saturated carbocycles. The second-order valence-corrected chi connectivity index (χ2v) is 9.54. The molecule has 12 heteroatoms. The van der Waals surface area contributed by atoms with Crippen LogP contribution in [-0.4, -0.2) is 45.0 Å². The zero-order valence-electron chi connectivity index (χ0n) is 21.3. The number of hydrogen-bond acceptors (Lipinski definition) is 9. The Morgan fingerprint density at radius 3 is 2.42 bits per heavy atom. The maximum Gasteiger partial charge on any atom is 0.342 e. The van der Waals surface area contributed by atoms with Gasteiger partial charge in [-0.25, -0.2) is 4.79 Å². The third-order valence-corrected chi connectivity index (χ3v) is 6.87. The van der Waals surface area contributed by atoms with Crippen LogP contribution in [0.25, 0.3) is 28.4 Å². The Morgan fingerprint density at radius 2 is 1.77 bits per heavy atom. The molecule has 1 N–H and O–H groups in total. The van der Waals surface area contributed by atoms with E-state index in [1.54, 1.807) is 36.4 Å². The zero-order chi connectivity index (χ0) is 28.2. The summed E-state index contributed by atoms with van der Waals surface area (Å²) >= 11 is 0.839. The largest absolute Gasteiger partial charge is 0.497 e. The zero-order valence-corrected chi connectivity index (χ0v) is 22.1. The molecule has 0 amide bonds. The predicted octanol–water partition coefficient (Wildman–Crippen LogP) is 5.88. The van der Waals surface area contributed by atoms with Crippen LogP contribution in [0, 0.1) is 10.1 Å². The van der Waals surface area contributed by atoms with Crippen molar-refractivity contribution in [3.63, 3.8) is 0 Å². The maximum absolute atomic E-state index is 12.2. The fourth-order valence-corrected chi connectivity index (χ4v) is 4.77. The first-order chi connectivity index (χ1) is 19.3. The lowest BCUT2D eigenvalue weighted by Gasteiger charge is -2.05. The average molecular weight is 559 g/mol. The van der Waals surface area contributed by atoms with Gasteiger partial charge in [0.2, 0.25) is 5.89 Å². The third-order valence-electron chi connectivity index (χ3n) is 6.02. The molecule has 0 aliphatic heterocycles. The number of nitro benzene ring substituents is 1. The quantitative estimate of drug-likeness (QED) is 0.0955. The van der Waals surface area contributed by atoms with Gasteiger partial charge in [-0.2, -0.15) is 0 Å². The van der Waals surface area contributed by atoms with Gasteiger partial charge in [0.15, 0.2) is 0 Å². The Morgan fingerprint density at radius 1 is 1.07 bits per heavy atom. The molecule has 5 rings (SSSR count). The summed E-state index contributed by atoms with van der Waals surface area (Å²) < 4.78 is 18.3. The predicted molar refractivity (Wildman–Crippen MR) is 148 cm³/mol. The molecule has 0 saturated heterocycles. The van der Waals surface area contributed by atoms with Gasteiger partial charge in [-0.15, -0.1) is 10.2 Å². The number of carboxylic acid groups (broad SMARTS) is 1. The fraction of sp³-hybridized carbons (Fsp3) is 0.107. The van der Waals surface area contributed by atoms with Crippen molar-refractivity contribution in [1.82, 2.24) is 14.8 Å². The fourth-order valence-electron chi connectivity index (χ4n) is 4.11. The highest BCUT2D eigenvalue weighted by Crippen LogP contribution is 2.34. The van der Waals surface area contributed by atoms with E-state index in [1.165, 1.54) is 26.4 Å². The lowest BCUT2D eigenvalue weighted by Crippen LogP contribution is -1.98. The van der Waals surface area contributed by atoms with E-state index in [4.69, 9.17) is 13.9 Å². The van der Waals surface area contributed by atoms with Crippen LogP contribution in [0.1, 0.15) is 11.1 Å². The van der Waals surface area contributed by atoms with Crippen LogP contribution in [0.15, 0.2) is 87.5 Å². The molecule has 0 unspecified atom stereocenters. The molecule has 11 nitrogen and oxygen atoms in total. The number of rotatable bonds is 10. The summed E-state index contributed by atoms with van der Waals surface area (Å²) in [6.07, 6.45) is 3.40. The molecule has 0 fully saturated rings. The van der Waals surface area contributed by atoms with Crippen molar-refractivity contribution in [2.75, 3.05) is 14.2 Å². The first kappa shape index (κ1) is 26.5. The number of ether oxygens (including phenoxy) is 2. The normalized spacial score (nSPS) is 11.5. The average Bonchev–Trinajstić information content (AvgIpc) is 3.57. The van der Waals surface area contributed by atoms with Crippen LogP contribution >= 0.6 is 11.8 Å². The number of fused-ring (bicyclic) bond motifs is 1. The van der Waals surface area contributed by atoms with Gasteiger partial charge in [0.05, 0.1) is 19.1 Å². The van der Waals surface area contributed by atoms with Gasteiger partial charge in [0, 0.05) is 53.0 Å². The van der Waals surface area contributed by atoms with Crippen molar-refractivity contribution in [3.8, 4) is 23.0 Å². The number of para-hydroxylation sites is 1. The number of aromatic nitrogens is 3. The number of carboxylic acids is 1. The standard InChI is InChI=1S/C28H22N4O7S/c1-37-21-11-18(12-22(14-21)38-2)26-29-30-28(39-26)40-25(27(33)34)13-19-16-31(24-6-4-3-5-23(19)24)15-17-7-9-20(10-8-17)32(35)36/h3-14,16H,15H2,1-2H3,(H,33,34)/b25-13-. The molecule has 5 aromatic rings. The van der Waals surface area contributed by atoms with Crippen molar-refractivity contribution in [3.05, 3.63) is 99.1 Å². The first-order valence-electron chi connectivity index (χ1n) is 11.9. The van der Waals surface area contributed by atoms with E-state index in [1.807, 2.05) is 35.0 Å². The maximum atomic E-state index is 12.2. The first-order valence-corrected chi connectivity index (χ1v) is 12.7. The Balaban J connectivity index is 1.44. The van der Waals surface area contributed by atoms with E-state index in [0.717, 1.165) is 28.2 Å². The third kappa shape index (κ3) is 5.66. The highest BCUT2D eigenvalue weighted by Gasteiger charge is 2.18. The molecular weight excluding hydrogens is 536 g/mol.